The van der Waals surface area contributed by atoms with Crippen molar-refractivity contribution in [3.05, 3.63) is 101 Å². The van der Waals surface area contributed by atoms with Crippen molar-refractivity contribution in [1.29, 1.82) is 0 Å². The first kappa shape index (κ1) is 21.5. The minimum absolute atomic E-state index is 0.0629. The number of carbonyl (C=O) groups is 3. The van der Waals surface area contributed by atoms with E-state index in [0.717, 1.165) is 6.21 Å². The van der Waals surface area contributed by atoms with E-state index in [1.54, 1.807) is 78.9 Å². The summed E-state index contributed by atoms with van der Waals surface area (Å²) in [7, 11) is 0. The van der Waals surface area contributed by atoms with Gasteiger partial charge in [-0.05, 0) is 35.9 Å². The number of hydrazone groups is 1. The highest BCUT2D eigenvalue weighted by atomic mass is 16.7. The van der Waals surface area contributed by atoms with Crippen LogP contribution >= 0.6 is 0 Å². The molecule has 1 heterocycles. The Hall–Kier alpha value is -4.72. The van der Waals surface area contributed by atoms with Gasteiger partial charge in [-0.2, -0.15) is 5.10 Å². The van der Waals surface area contributed by atoms with Gasteiger partial charge < -0.3 is 14.8 Å². The van der Waals surface area contributed by atoms with E-state index >= 15 is 0 Å². The van der Waals surface area contributed by atoms with Crippen LogP contribution < -0.4 is 20.2 Å². The number of hydrogen-bond donors (Lipinski definition) is 2. The fraction of sp³-hybridized carbons (Fsp3) is 0.0400. The molecule has 0 aromatic heterocycles. The average molecular weight is 441 g/mol. The van der Waals surface area contributed by atoms with Gasteiger partial charge in [0.15, 0.2) is 11.5 Å². The number of fused-ring (bicyclic) bond motifs is 1. The fourth-order valence-corrected chi connectivity index (χ4v) is 3.00. The third kappa shape index (κ3) is 5.50. The quantitative estimate of drug-likeness (QED) is 0.254. The maximum atomic E-state index is 12.8. The molecule has 2 N–H and O–H groups in total. The summed E-state index contributed by atoms with van der Waals surface area (Å²) in [4.78, 5) is 37.6. The number of rotatable bonds is 7. The van der Waals surface area contributed by atoms with Gasteiger partial charge in [0.25, 0.3) is 11.8 Å². The van der Waals surface area contributed by atoms with Crippen molar-refractivity contribution in [2.24, 2.45) is 5.10 Å². The van der Waals surface area contributed by atoms with Crippen molar-refractivity contribution < 1.29 is 23.9 Å². The molecule has 1 aliphatic rings. The van der Waals surface area contributed by atoms with Crippen LogP contribution in [-0.4, -0.2) is 30.6 Å². The topological polar surface area (TPSA) is 106 Å². The van der Waals surface area contributed by atoms with Gasteiger partial charge in [0.05, 0.1) is 6.21 Å². The highest BCUT2D eigenvalue weighted by Crippen LogP contribution is 2.33. The van der Waals surface area contributed by atoms with Crippen molar-refractivity contribution >= 4 is 29.9 Å². The Morgan fingerprint density at radius 2 is 1.48 bits per heavy atom. The van der Waals surface area contributed by atoms with E-state index in [9.17, 15) is 14.4 Å². The molecule has 0 saturated carbocycles. The van der Waals surface area contributed by atoms with Crippen LogP contribution in [0, 0.1) is 0 Å². The molecule has 2 amide bonds. The largest absolute Gasteiger partial charge is 0.454 e. The summed E-state index contributed by atoms with van der Waals surface area (Å²) in [5.74, 6) is -0.415. The van der Waals surface area contributed by atoms with Crippen LogP contribution in [0.25, 0.3) is 6.08 Å². The van der Waals surface area contributed by atoms with E-state index in [-0.39, 0.29) is 18.3 Å². The van der Waals surface area contributed by atoms with Crippen molar-refractivity contribution in [3.8, 4) is 11.5 Å². The van der Waals surface area contributed by atoms with E-state index in [2.05, 4.69) is 15.8 Å². The van der Waals surface area contributed by atoms with Gasteiger partial charge in [-0.25, -0.2) is 5.43 Å². The Balaban J connectivity index is 1.53. The lowest BCUT2D eigenvalue weighted by molar-refractivity contribution is -0.117. The molecule has 3 aromatic carbocycles. The molecule has 0 atom stereocenters. The molecule has 8 heteroatoms. The number of benzene rings is 3. The summed E-state index contributed by atoms with van der Waals surface area (Å²) in [5, 5.41) is 6.34. The van der Waals surface area contributed by atoms with E-state index in [1.165, 1.54) is 6.08 Å². The second-order valence-corrected chi connectivity index (χ2v) is 6.92. The molecule has 8 nitrogen and oxygen atoms in total. The molecule has 33 heavy (non-hydrogen) atoms. The normalized spacial score (nSPS) is 12.4. The summed E-state index contributed by atoms with van der Waals surface area (Å²) in [6.07, 6.45) is 2.48. The van der Waals surface area contributed by atoms with Gasteiger partial charge in [0, 0.05) is 11.1 Å². The van der Waals surface area contributed by atoms with Gasteiger partial charge in [0.1, 0.15) is 5.70 Å². The maximum Gasteiger partial charge on any atom is 0.287 e. The zero-order valence-corrected chi connectivity index (χ0v) is 17.4. The molecule has 164 valence electrons. The molecule has 0 bridgehead atoms. The Labute approximate surface area is 189 Å². The second-order valence-electron chi connectivity index (χ2n) is 6.92. The zero-order valence-electron chi connectivity index (χ0n) is 17.4. The third-order valence-corrected chi connectivity index (χ3v) is 4.64. The first-order chi connectivity index (χ1) is 16.1. The summed E-state index contributed by atoms with van der Waals surface area (Å²) in [6.45, 7) is 0.116. The van der Waals surface area contributed by atoms with Gasteiger partial charge in [-0.15, -0.1) is 0 Å². The van der Waals surface area contributed by atoms with Crippen LogP contribution in [0.4, 0.5) is 0 Å². The van der Waals surface area contributed by atoms with E-state index in [1.807, 2.05) is 0 Å². The number of Topliss-reactive ketones (excluding diaryl/α,β-unsaturated/α-hetero) is 1. The molecule has 0 spiro atoms. The molecule has 3 aromatic rings. The van der Waals surface area contributed by atoms with Crippen LogP contribution in [0.2, 0.25) is 0 Å². The first-order valence-corrected chi connectivity index (χ1v) is 10.0. The smallest absolute Gasteiger partial charge is 0.287 e. The highest BCUT2D eigenvalue weighted by molar-refractivity contribution is 6.35. The Kier molecular flexibility index (Phi) is 6.56. The summed E-state index contributed by atoms with van der Waals surface area (Å²) < 4.78 is 10.7. The van der Waals surface area contributed by atoms with Crippen molar-refractivity contribution in [2.75, 3.05) is 6.79 Å². The Bertz CT molecular complexity index is 1240. The Morgan fingerprint density at radius 1 is 0.818 bits per heavy atom. The van der Waals surface area contributed by atoms with Gasteiger partial charge in [0.2, 0.25) is 12.6 Å². The number of hydrogen-bond acceptors (Lipinski definition) is 6. The first-order valence-electron chi connectivity index (χ1n) is 10.0. The molecule has 0 fully saturated rings. The summed E-state index contributed by atoms with van der Waals surface area (Å²) >= 11 is 0. The summed E-state index contributed by atoms with van der Waals surface area (Å²) in [6, 6.07) is 22.1. The highest BCUT2D eigenvalue weighted by Gasteiger charge is 2.17. The molecule has 0 saturated heterocycles. The van der Waals surface area contributed by atoms with Crippen LogP contribution in [0.15, 0.2) is 89.7 Å². The van der Waals surface area contributed by atoms with E-state index in [0.29, 0.717) is 28.2 Å². The number of nitrogens with one attached hydrogen (secondary N) is 2. The molecule has 0 aliphatic carbocycles. The predicted molar refractivity (Wildman–Crippen MR) is 122 cm³/mol. The standard InChI is InChI=1S/C25H19N3O5/c29-21(18-7-3-1-4-8-18)15-26-28-25(31)20(27-24(30)19-9-5-2-6-10-19)13-17-11-12-22-23(14-17)33-16-32-22/h1-15H,16H2,(H,27,30)(H,28,31)/b20-13-,26-15?. The van der Waals surface area contributed by atoms with E-state index < -0.39 is 11.8 Å². The van der Waals surface area contributed by atoms with Gasteiger partial charge in [-0.3, -0.25) is 14.4 Å². The van der Waals surface area contributed by atoms with Gasteiger partial charge in [-0.1, -0.05) is 54.6 Å². The minimum Gasteiger partial charge on any atom is -0.454 e. The monoisotopic (exact) mass is 441 g/mol. The zero-order chi connectivity index (χ0) is 23.0. The van der Waals surface area contributed by atoms with Crippen molar-refractivity contribution in [3.63, 3.8) is 0 Å². The van der Waals surface area contributed by atoms with Crippen molar-refractivity contribution in [2.45, 2.75) is 0 Å². The molecule has 0 unspecified atom stereocenters. The molecule has 4 rings (SSSR count). The number of nitrogens with zero attached hydrogens (tertiary/aromatic N) is 1. The van der Waals surface area contributed by atoms with Crippen molar-refractivity contribution in [1.82, 2.24) is 10.7 Å². The molecular formula is C25H19N3O5. The van der Waals surface area contributed by atoms with E-state index in [4.69, 9.17) is 9.47 Å². The van der Waals surface area contributed by atoms with Crippen LogP contribution in [0.3, 0.4) is 0 Å². The van der Waals surface area contributed by atoms with Gasteiger partial charge >= 0.3 is 0 Å². The molecule has 0 radical (unpaired) electrons. The lowest BCUT2D eigenvalue weighted by Crippen LogP contribution is -2.33. The van der Waals surface area contributed by atoms with Crippen LogP contribution in [0.1, 0.15) is 26.3 Å². The average Bonchev–Trinajstić information content (AvgIpc) is 3.32. The van der Waals surface area contributed by atoms with Crippen LogP contribution in [0.5, 0.6) is 11.5 Å². The number of ether oxygens (including phenoxy) is 2. The lowest BCUT2D eigenvalue weighted by Gasteiger charge is -2.09. The summed E-state index contributed by atoms with van der Waals surface area (Å²) in [5.41, 5.74) is 3.63. The number of carbonyl (C=O) groups excluding carboxylic acids is 3. The predicted octanol–water partition coefficient (Wildman–Crippen LogP) is 3.17. The molecule has 1 aliphatic heterocycles. The number of ketones is 1. The lowest BCUT2D eigenvalue weighted by atomic mass is 10.1. The fourth-order valence-electron chi connectivity index (χ4n) is 3.00. The Morgan fingerprint density at radius 3 is 2.21 bits per heavy atom. The molecular weight excluding hydrogens is 422 g/mol. The second kappa shape index (κ2) is 10.1. The SMILES string of the molecule is O=C(NN=CC(=O)c1ccccc1)/C(=C/c1ccc2c(c1)OCO2)NC(=O)c1ccccc1. The van der Waals surface area contributed by atoms with Crippen LogP contribution in [-0.2, 0) is 4.79 Å². The number of amides is 2. The minimum atomic E-state index is -0.700. The maximum absolute atomic E-state index is 12.8. The third-order valence-electron chi connectivity index (χ3n) is 4.64.